The third kappa shape index (κ3) is 5.79. The van der Waals surface area contributed by atoms with Crippen molar-refractivity contribution >= 4 is 32.4 Å². The van der Waals surface area contributed by atoms with Gasteiger partial charge in [0.1, 0.15) is 12.4 Å². The van der Waals surface area contributed by atoms with Crippen LogP contribution in [-0.2, 0) is 13.2 Å². The quantitative estimate of drug-likeness (QED) is 0.241. The number of benzene rings is 4. The van der Waals surface area contributed by atoms with Crippen LogP contribution in [0.3, 0.4) is 0 Å². The molecule has 4 aromatic rings. The molecule has 4 aromatic carbocycles. The maximum absolute atomic E-state index is 6.26. The minimum Gasteiger partial charge on any atom is -0.494 e. The maximum atomic E-state index is 6.26. The molecule has 0 saturated carbocycles. The van der Waals surface area contributed by atoms with Gasteiger partial charge < -0.3 is 19.5 Å². The zero-order valence-corrected chi connectivity index (χ0v) is 20.5. The molecule has 0 amide bonds. The normalized spacial score (nSPS) is 10.8. The SMILES string of the molecule is CCOc1ccc(NCc2cc(Br)c(OCc3cccc4ccccc34)c(OCC)c2)cc1. The monoisotopic (exact) mass is 505 g/mol. The summed E-state index contributed by atoms with van der Waals surface area (Å²) in [6.45, 7) is 6.31. The zero-order valence-electron chi connectivity index (χ0n) is 18.9. The van der Waals surface area contributed by atoms with Crippen molar-refractivity contribution in [1.82, 2.24) is 0 Å². The first-order valence-corrected chi connectivity index (χ1v) is 12.0. The lowest BCUT2D eigenvalue weighted by Crippen LogP contribution is -2.04. The highest BCUT2D eigenvalue weighted by Crippen LogP contribution is 2.38. The molecule has 0 aliphatic carbocycles. The van der Waals surface area contributed by atoms with E-state index in [4.69, 9.17) is 14.2 Å². The Labute approximate surface area is 203 Å². The molecule has 0 radical (unpaired) electrons. The second-order valence-electron chi connectivity index (χ2n) is 7.58. The fourth-order valence-electron chi connectivity index (χ4n) is 3.73. The van der Waals surface area contributed by atoms with Crippen molar-refractivity contribution in [2.45, 2.75) is 27.0 Å². The molecular weight excluding hydrogens is 478 g/mol. The number of rotatable bonds is 10. The minimum absolute atomic E-state index is 0.462. The molecule has 0 unspecified atom stereocenters. The molecule has 0 aromatic heterocycles. The topological polar surface area (TPSA) is 39.7 Å². The molecule has 0 spiro atoms. The van der Waals surface area contributed by atoms with Gasteiger partial charge in [-0.05, 0) is 88.1 Å². The van der Waals surface area contributed by atoms with Crippen LogP contribution in [0.1, 0.15) is 25.0 Å². The lowest BCUT2D eigenvalue weighted by atomic mass is 10.1. The van der Waals surface area contributed by atoms with E-state index < -0.39 is 0 Å². The van der Waals surface area contributed by atoms with Crippen LogP contribution in [0.2, 0.25) is 0 Å². The highest BCUT2D eigenvalue weighted by atomic mass is 79.9. The van der Waals surface area contributed by atoms with Crippen LogP contribution < -0.4 is 19.5 Å². The van der Waals surface area contributed by atoms with E-state index in [0.717, 1.165) is 38.5 Å². The van der Waals surface area contributed by atoms with Gasteiger partial charge >= 0.3 is 0 Å². The standard InChI is InChI=1S/C28H28BrNO3/c1-3-31-24-14-12-23(13-15-24)30-18-20-16-26(29)28(27(17-20)32-4-2)33-19-22-10-7-9-21-8-5-6-11-25(21)22/h5-17,30H,3-4,18-19H2,1-2H3. The predicted molar refractivity (Wildman–Crippen MR) is 139 cm³/mol. The van der Waals surface area contributed by atoms with E-state index in [2.05, 4.69) is 69.8 Å². The molecule has 0 fully saturated rings. The largest absolute Gasteiger partial charge is 0.494 e. The molecule has 0 atom stereocenters. The Morgan fingerprint density at radius 1 is 0.788 bits per heavy atom. The Kier molecular flexibility index (Phi) is 7.74. The maximum Gasteiger partial charge on any atom is 0.175 e. The second kappa shape index (κ2) is 11.1. The van der Waals surface area contributed by atoms with Crippen molar-refractivity contribution in [1.29, 1.82) is 0 Å². The summed E-state index contributed by atoms with van der Waals surface area (Å²) in [4.78, 5) is 0. The summed E-state index contributed by atoms with van der Waals surface area (Å²) in [7, 11) is 0. The number of hydrogen-bond donors (Lipinski definition) is 1. The average Bonchev–Trinajstić information content (AvgIpc) is 2.83. The molecule has 4 nitrogen and oxygen atoms in total. The fourth-order valence-corrected chi connectivity index (χ4v) is 4.34. The Morgan fingerprint density at radius 3 is 2.33 bits per heavy atom. The molecule has 4 rings (SSSR count). The first-order chi connectivity index (χ1) is 16.2. The van der Waals surface area contributed by atoms with E-state index >= 15 is 0 Å². The fraction of sp³-hybridized carbons (Fsp3) is 0.214. The van der Waals surface area contributed by atoms with Crippen molar-refractivity contribution in [2.75, 3.05) is 18.5 Å². The summed E-state index contributed by atoms with van der Waals surface area (Å²) in [6.07, 6.45) is 0. The lowest BCUT2D eigenvalue weighted by molar-refractivity contribution is 0.268. The van der Waals surface area contributed by atoms with Crippen molar-refractivity contribution < 1.29 is 14.2 Å². The first-order valence-electron chi connectivity index (χ1n) is 11.2. The van der Waals surface area contributed by atoms with Crippen LogP contribution in [0.4, 0.5) is 5.69 Å². The highest BCUT2D eigenvalue weighted by Gasteiger charge is 2.13. The Bertz CT molecular complexity index is 1200. The van der Waals surface area contributed by atoms with Gasteiger partial charge in [-0.15, -0.1) is 0 Å². The third-order valence-electron chi connectivity index (χ3n) is 5.28. The van der Waals surface area contributed by atoms with Gasteiger partial charge in [0.15, 0.2) is 11.5 Å². The number of anilines is 1. The van der Waals surface area contributed by atoms with Gasteiger partial charge in [0.2, 0.25) is 0 Å². The Hall–Kier alpha value is -3.18. The summed E-state index contributed by atoms with van der Waals surface area (Å²) in [5.74, 6) is 2.32. The summed E-state index contributed by atoms with van der Waals surface area (Å²) in [6, 6.07) is 26.7. The van der Waals surface area contributed by atoms with E-state index in [1.807, 2.05) is 44.2 Å². The predicted octanol–water partition coefficient (Wildman–Crippen LogP) is 7.59. The summed E-state index contributed by atoms with van der Waals surface area (Å²) in [5.41, 5.74) is 3.27. The molecule has 170 valence electrons. The van der Waals surface area contributed by atoms with Crippen LogP contribution in [-0.4, -0.2) is 13.2 Å². The van der Waals surface area contributed by atoms with Crippen LogP contribution in [0.25, 0.3) is 10.8 Å². The molecule has 33 heavy (non-hydrogen) atoms. The number of fused-ring (bicyclic) bond motifs is 1. The molecule has 1 N–H and O–H groups in total. The molecular formula is C28H28BrNO3. The third-order valence-corrected chi connectivity index (χ3v) is 5.87. The van der Waals surface area contributed by atoms with E-state index in [1.54, 1.807) is 0 Å². The summed E-state index contributed by atoms with van der Waals surface area (Å²) >= 11 is 3.70. The van der Waals surface area contributed by atoms with Gasteiger partial charge in [-0.2, -0.15) is 0 Å². The number of halogens is 1. The first kappa shape index (κ1) is 23.0. The molecule has 0 aliphatic rings. The summed E-state index contributed by atoms with van der Waals surface area (Å²) in [5, 5.41) is 5.86. The highest BCUT2D eigenvalue weighted by molar-refractivity contribution is 9.10. The van der Waals surface area contributed by atoms with Gasteiger partial charge in [0, 0.05) is 12.2 Å². The van der Waals surface area contributed by atoms with Gasteiger partial charge in [-0.25, -0.2) is 0 Å². The second-order valence-corrected chi connectivity index (χ2v) is 8.43. The molecule has 0 heterocycles. The van der Waals surface area contributed by atoms with Crippen LogP contribution in [0, 0.1) is 0 Å². The van der Waals surface area contributed by atoms with E-state index in [-0.39, 0.29) is 0 Å². The van der Waals surface area contributed by atoms with Crippen molar-refractivity contribution in [3.05, 3.63) is 94.5 Å². The van der Waals surface area contributed by atoms with Crippen LogP contribution in [0.15, 0.2) is 83.3 Å². The van der Waals surface area contributed by atoms with Gasteiger partial charge in [0.25, 0.3) is 0 Å². The zero-order chi connectivity index (χ0) is 23.0. The summed E-state index contributed by atoms with van der Waals surface area (Å²) < 4.78 is 18.6. The van der Waals surface area contributed by atoms with Crippen molar-refractivity contribution in [3.63, 3.8) is 0 Å². The molecule has 0 bridgehead atoms. The van der Waals surface area contributed by atoms with Gasteiger partial charge in [0.05, 0.1) is 17.7 Å². The van der Waals surface area contributed by atoms with Crippen LogP contribution >= 0.6 is 15.9 Å². The number of nitrogens with one attached hydrogen (secondary N) is 1. The average molecular weight is 506 g/mol. The lowest BCUT2D eigenvalue weighted by Gasteiger charge is -2.17. The number of ether oxygens (including phenoxy) is 3. The molecule has 5 heteroatoms. The van der Waals surface area contributed by atoms with E-state index in [9.17, 15) is 0 Å². The Morgan fingerprint density at radius 2 is 1.55 bits per heavy atom. The van der Waals surface area contributed by atoms with Crippen molar-refractivity contribution in [2.24, 2.45) is 0 Å². The molecule has 0 aliphatic heterocycles. The smallest absolute Gasteiger partial charge is 0.175 e. The van der Waals surface area contributed by atoms with Crippen LogP contribution in [0.5, 0.6) is 17.2 Å². The Balaban J connectivity index is 1.49. The van der Waals surface area contributed by atoms with E-state index in [1.165, 1.54) is 10.8 Å². The van der Waals surface area contributed by atoms with Gasteiger partial charge in [-0.3, -0.25) is 0 Å². The van der Waals surface area contributed by atoms with Gasteiger partial charge in [-0.1, -0.05) is 42.5 Å². The molecule has 0 saturated heterocycles. The number of hydrogen-bond acceptors (Lipinski definition) is 4. The minimum atomic E-state index is 0.462. The van der Waals surface area contributed by atoms with E-state index in [0.29, 0.717) is 26.4 Å². The van der Waals surface area contributed by atoms with Crippen molar-refractivity contribution in [3.8, 4) is 17.2 Å².